The maximum Gasteiger partial charge on any atom is 0.240 e. The molecule has 4 rings (SSSR count). The van der Waals surface area contributed by atoms with Crippen molar-refractivity contribution in [1.29, 1.82) is 0 Å². The van der Waals surface area contributed by atoms with Gasteiger partial charge in [0.15, 0.2) is 0 Å². The molecule has 2 heterocycles. The Morgan fingerprint density at radius 1 is 1.12 bits per heavy atom. The van der Waals surface area contributed by atoms with Gasteiger partial charge in [0.2, 0.25) is 15.9 Å². The number of halogens is 1. The van der Waals surface area contributed by atoms with Crippen LogP contribution in [-0.2, 0) is 21.4 Å². The van der Waals surface area contributed by atoms with Gasteiger partial charge < -0.3 is 5.32 Å². The van der Waals surface area contributed by atoms with E-state index in [1.54, 1.807) is 16.9 Å². The number of anilines is 1. The molecule has 1 aromatic heterocycles. The summed E-state index contributed by atoms with van der Waals surface area (Å²) in [5.41, 5.74) is 2.27. The second kappa shape index (κ2) is 10.5. The summed E-state index contributed by atoms with van der Waals surface area (Å²) in [7, 11) is -3.71. The fourth-order valence-electron chi connectivity index (χ4n) is 4.04. The number of carbonyl (C=O) groups is 1. The number of carbonyl (C=O) groups excluding carboxylic acids is 1. The standard InChI is InChI=1S/C24H28FN5O3S/c1-18-3-2-4-19(15-18)16-30-23(9-12-26-30)27-24(31)17-29-13-10-21(11-14-29)28-34(32,33)22-7-5-20(25)6-8-22/h2-9,12,15,21,28H,10-11,13-14,16-17H2,1H3,(H,27,31). The van der Waals surface area contributed by atoms with Crippen LogP contribution < -0.4 is 10.0 Å². The van der Waals surface area contributed by atoms with E-state index >= 15 is 0 Å². The molecule has 0 unspecified atom stereocenters. The average molecular weight is 486 g/mol. The first-order chi connectivity index (χ1) is 16.3. The van der Waals surface area contributed by atoms with Crippen LogP contribution in [0.1, 0.15) is 24.0 Å². The first-order valence-electron chi connectivity index (χ1n) is 11.2. The second-order valence-corrected chi connectivity index (χ2v) is 10.3. The maximum absolute atomic E-state index is 13.1. The lowest BCUT2D eigenvalue weighted by Gasteiger charge is -2.31. The average Bonchev–Trinajstić information content (AvgIpc) is 3.21. The molecule has 0 aliphatic carbocycles. The van der Waals surface area contributed by atoms with Gasteiger partial charge in [-0.25, -0.2) is 22.2 Å². The van der Waals surface area contributed by atoms with E-state index in [4.69, 9.17) is 0 Å². The van der Waals surface area contributed by atoms with E-state index in [1.807, 2.05) is 30.0 Å². The number of amides is 1. The highest BCUT2D eigenvalue weighted by molar-refractivity contribution is 7.89. The van der Waals surface area contributed by atoms with Crippen LogP contribution in [0.4, 0.5) is 10.2 Å². The summed E-state index contributed by atoms with van der Waals surface area (Å²) in [6, 6.07) is 14.4. The van der Waals surface area contributed by atoms with E-state index in [1.165, 1.54) is 17.7 Å². The Labute approximate surface area is 198 Å². The van der Waals surface area contributed by atoms with Crippen molar-refractivity contribution in [2.45, 2.75) is 37.2 Å². The highest BCUT2D eigenvalue weighted by atomic mass is 32.2. The fourth-order valence-corrected chi connectivity index (χ4v) is 5.35. The predicted molar refractivity (Wildman–Crippen MR) is 127 cm³/mol. The van der Waals surface area contributed by atoms with Crippen LogP contribution in [0.2, 0.25) is 0 Å². The minimum atomic E-state index is -3.71. The molecule has 1 aliphatic rings. The van der Waals surface area contributed by atoms with Gasteiger partial charge in [0.1, 0.15) is 11.6 Å². The molecule has 2 N–H and O–H groups in total. The van der Waals surface area contributed by atoms with Crippen molar-refractivity contribution in [1.82, 2.24) is 19.4 Å². The number of sulfonamides is 1. The van der Waals surface area contributed by atoms with Crippen molar-refractivity contribution in [3.05, 3.63) is 77.7 Å². The largest absolute Gasteiger partial charge is 0.310 e. The molecular weight excluding hydrogens is 457 g/mol. The van der Waals surface area contributed by atoms with Crippen LogP contribution in [0.3, 0.4) is 0 Å². The molecule has 1 saturated heterocycles. The smallest absolute Gasteiger partial charge is 0.240 e. The summed E-state index contributed by atoms with van der Waals surface area (Å²) in [6.45, 7) is 3.99. The zero-order chi connectivity index (χ0) is 24.1. The van der Waals surface area contributed by atoms with Gasteiger partial charge in [-0.2, -0.15) is 5.10 Å². The molecule has 1 aliphatic heterocycles. The molecule has 0 bridgehead atoms. The zero-order valence-corrected chi connectivity index (χ0v) is 19.8. The molecule has 3 aromatic rings. The number of aryl methyl sites for hydroxylation is 1. The van der Waals surface area contributed by atoms with Gasteiger partial charge in [-0.1, -0.05) is 29.8 Å². The molecule has 1 fully saturated rings. The van der Waals surface area contributed by atoms with Crippen molar-refractivity contribution in [2.24, 2.45) is 0 Å². The third-order valence-electron chi connectivity index (χ3n) is 5.80. The van der Waals surface area contributed by atoms with Crippen molar-refractivity contribution in [2.75, 3.05) is 25.0 Å². The minimum absolute atomic E-state index is 0.0398. The third-order valence-corrected chi connectivity index (χ3v) is 7.34. The molecule has 1 amide bonds. The summed E-state index contributed by atoms with van der Waals surface area (Å²) in [5.74, 6) is 0.00790. The number of benzene rings is 2. The van der Waals surface area contributed by atoms with Crippen molar-refractivity contribution < 1.29 is 17.6 Å². The molecule has 180 valence electrons. The minimum Gasteiger partial charge on any atom is -0.310 e. The van der Waals surface area contributed by atoms with Crippen LogP contribution in [0, 0.1) is 12.7 Å². The van der Waals surface area contributed by atoms with Gasteiger partial charge in [-0.15, -0.1) is 0 Å². The number of hydrogen-bond donors (Lipinski definition) is 2. The van der Waals surface area contributed by atoms with E-state index in [-0.39, 0.29) is 23.4 Å². The Morgan fingerprint density at radius 3 is 2.56 bits per heavy atom. The Hall–Kier alpha value is -3.08. The van der Waals surface area contributed by atoms with Crippen LogP contribution in [0.5, 0.6) is 0 Å². The van der Waals surface area contributed by atoms with Crippen molar-refractivity contribution >= 4 is 21.7 Å². The first kappa shape index (κ1) is 24.1. The monoisotopic (exact) mass is 485 g/mol. The quantitative estimate of drug-likeness (QED) is 0.512. The van der Waals surface area contributed by atoms with Crippen LogP contribution in [-0.4, -0.2) is 54.7 Å². The Balaban J connectivity index is 1.26. The highest BCUT2D eigenvalue weighted by Gasteiger charge is 2.25. The Morgan fingerprint density at radius 2 is 1.85 bits per heavy atom. The molecule has 10 heteroatoms. The number of nitrogens with zero attached hydrogens (tertiary/aromatic N) is 3. The first-order valence-corrected chi connectivity index (χ1v) is 12.6. The Bertz CT molecular complexity index is 1240. The third kappa shape index (κ3) is 6.28. The summed E-state index contributed by atoms with van der Waals surface area (Å²) in [6.07, 6.45) is 2.82. The second-order valence-electron chi connectivity index (χ2n) is 8.54. The van der Waals surface area contributed by atoms with Crippen molar-refractivity contribution in [3.8, 4) is 0 Å². The molecular formula is C24H28FN5O3S. The highest BCUT2D eigenvalue weighted by Crippen LogP contribution is 2.16. The SMILES string of the molecule is Cc1cccc(Cn2nccc2NC(=O)CN2CCC(NS(=O)(=O)c3ccc(F)cc3)CC2)c1. The van der Waals surface area contributed by atoms with E-state index in [0.717, 1.165) is 17.7 Å². The fraction of sp³-hybridized carbons (Fsp3) is 0.333. The lowest BCUT2D eigenvalue weighted by atomic mass is 10.1. The van der Waals surface area contributed by atoms with Crippen LogP contribution in [0.25, 0.3) is 0 Å². The number of nitrogens with one attached hydrogen (secondary N) is 2. The molecule has 34 heavy (non-hydrogen) atoms. The zero-order valence-electron chi connectivity index (χ0n) is 18.9. The molecule has 2 aromatic carbocycles. The Kier molecular flexibility index (Phi) is 7.40. The van der Waals surface area contributed by atoms with E-state index < -0.39 is 15.8 Å². The molecule has 0 atom stereocenters. The number of hydrogen-bond acceptors (Lipinski definition) is 5. The number of rotatable bonds is 8. The van der Waals surface area contributed by atoms with E-state index in [0.29, 0.717) is 38.3 Å². The number of aromatic nitrogens is 2. The van der Waals surface area contributed by atoms with E-state index in [2.05, 4.69) is 21.2 Å². The van der Waals surface area contributed by atoms with Crippen LogP contribution >= 0.6 is 0 Å². The van der Waals surface area contributed by atoms with Crippen molar-refractivity contribution in [3.63, 3.8) is 0 Å². The lowest BCUT2D eigenvalue weighted by molar-refractivity contribution is -0.117. The predicted octanol–water partition coefficient (Wildman–Crippen LogP) is 2.76. The van der Waals surface area contributed by atoms with Gasteiger partial charge in [0, 0.05) is 25.2 Å². The summed E-state index contributed by atoms with van der Waals surface area (Å²) >= 11 is 0. The molecule has 8 nitrogen and oxygen atoms in total. The van der Waals surface area contributed by atoms with Gasteiger partial charge >= 0.3 is 0 Å². The van der Waals surface area contributed by atoms with E-state index in [9.17, 15) is 17.6 Å². The topological polar surface area (TPSA) is 96.3 Å². The van der Waals surface area contributed by atoms with Gasteiger partial charge in [-0.3, -0.25) is 9.69 Å². The summed E-state index contributed by atoms with van der Waals surface area (Å²) in [4.78, 5) is 14.7. The van der Waals surface area contributed by atoms with Gasteiger partial charge in [-0.05, 0) is 49.6 Å². The summed E-state index contributed by atoms with van der Waals surface area (Å²) < 4.78 is 42.5. The molecule has 0 radical (unpaired) electrons. The molecule has 0 saturated carbocycles. The number of likely N-dealkylation sites (tertiary alicyclic amines) is 1. The summed E-state index contributed by atoms with van der Waals surface area (Å²) in [5, 5.41) is 7.24. The van der Waals surface area contributed by atoms with Gasteiger partial charge in [0.05, 0.1) is 24.2 Å². The lowest BCUT2D eigenvalue weighted by Crippen LogP contribution is -2.46. The molecule has 0 spiro atoms. The maximum atomic E-state index is 13.1. The van der Waals surface area contributed by atoms with Crippen LogP contribution in [0.15, 0.2) is 65.7 Å². The van der Waals surface area contributed by atoms with Gasteiger partial charge in [0.25, 0.3) is 0 Å². The number of piperidine rings is 1. The normalized spacial score (nSPS) is 15.4.